The molecule has 0 unspecified atom stereocenters. The van der Waals surface area contributed by atoms with Crippen molar-refractivity contribution in [2.45, 2.75) is 40.5 Å². The van der Waals surface area contributed by atoms with E-state index in [0.717, 1.165) is 12.1 Å². The minimum Gasteiger partial charge on any atom is -0.490 e. The van der Waals surface area contributed by atoms with E-state index in [9.17, 15) is 34.4 Å². The molecule has 1 aliphatic heterocycles. The third-order valence-corrected chi connectivity index (χ3v) is 10.7. The van der Waals surface area contributed by atoms with Crippen LogP contribution in [-0.2, 0) is 29.3 Å². The van der Waals surface area contributed by atoms with Gasteiger partial charge in [-0.1, -0.05) is 11.6 Å². The number of rotatable bonds is 7. The number of ether oxygens (including phenoxy) is 2. The maximum atomic E-state index is 15.2. The standard InChI is InChI=1S/C22H21ClF5NO6S2/c23-14-1-3-16(4-2-14)36(30,31)21-8-7-15(34-10-9-29-37(32,33)22(26,27)28)11-13(21)12-35-20-18(25)6-5-17(24)19(20)21/h1-6,13,15,29H,7-12H2/t13-,15-,21+/m1/s1. The summed E-state index contributed by atoms with van der Waals surface area (Å²) < 4.78 is 128. The highest BCUT2D eigenvalue weighted by Crippen LogP contribution is 2.56. The van der Waals surface area contributed by atoms with E-state index < -0.39 is 78.2 Å². The first-order valence-corrected chi connectivity index (χ1v) is 14.3. The zero-order valence-electron chi connectivity index (χ0n) is 18.9. The van der Waals surface area contributed by atoms with Crippen LogP contribution in [0.4, 0.5) is 22.0 Å². The summed E-state index contributed by atoms with van der Waals surface area (Å²) in [5.41, 5.74) is -5.89. The molecule has 204 valence electrons. The lowest BCUT2D eigenvalue weighted by atomic mass is 9.72. The Kier molecular flexibility index (Phi) is 7.54. The molecule has 2 aromatic carbocycles. The molecule has 0 radical (unpaired) electrons. The summed E-state index contributed by atoms with van der Waals surface area (Å²) in [6.45, 7) is -1.39. The molecular formula is C22H21ClF5NO6S2. The number of halogens is 6. The molecule has 0 bridgehead atoms. The van der Waals surface area contributed by atoms with Crippen LogP contribution >= 0.6 is 11.6 Å². The van der Waals surface area contributed by atoms with Crippen LogP contribution < -0.4 is 9.46 Å². The zero-order chi connectivity index (χ0) is 27.2. The Hall–Kier alpha value is -2.00. The molecule has 0 spiro atoms. The highest BCUT2D eigenvalue weighted by Gasteiger charge is 2.59. The van der Waals surface area contributed by atoms with Gasteiger partial charge >= 0.3 is 15.5 Å². The molecule has 0 amide bonds. The first kappa shape index (κ1) is 28.0. The van der Waals surface area contributed by atoms with Crippen LogP contribution in [0, 0.1) is 17.6 Å². The maximum Gasteiger partial charge on any atom is 0.511 e. The molecule has 1 fully saturated rings. The number of hydrogen-bond acceptors (Lipinski definition) is 6. The molecule has 0 saturated heterocycles. The summed E-state index contributed by atoms with van der Waals surface area (Å²) in [4.78, 5) is -0.153. The number of alkyl halides is 3. The van der Waals surface area contributed by atoms with Gasteiger partial charge in [-0.05, 0) is 55.7 Å². The SMILES string of the molecule is O=S(=O)(NCCO[C@@H]1CC[C@@]2(S(=O)(=O)c3ccc(Cl)cc3)c3c(F)ccc(F)c3OC[C@H]2C1)C(F)(F)F. The van der Waals surface area contributed by atoms with E-state index in [4.69, 9.17) is 21.1 Å². The Labute approximate surface area is 214 Å². The molecule has 37 heavy (non-hydrogen) atoms. The predicted octanol–water partition coefficient (Wildman–Crippen LogP) is 4.30. The first-order valence-electron chi connectivity index (χ1n) is 11.0. The minimum absolute atomic E-state index is 0.0186. The molecule has 4 rings (SSSR count). The normalized spacial score (nSPS) is 24.2. The lowest BCUT2D eigenvalue weighted by Gasteiger charge is -2.48. The highest BCUT2D eigenvalue weighted by molar-refractivity contribution is 7.92. The van der Waals surface area contributed by atoms with Crippen molar-refractivity contribution in [3.8, 4) is 5.75 Å². The fraction of sp³-hybridized carbons (Fsp3) is 0.455. The molecule has 7 nitrogen and oxygen atoms in total. The lowest BCUT2D eigenvalue weighted by Crippen LogP contribution is -2.53. The van der Waals surface area contributed by atoms with Gasteiger partial charge in [-0.15, -0.1) is 0 Å². The van der Waals surface area contributed by atoms with Crippen molar-refractivity contribution in [2.24, 2.45) is 5.92 Å². The van der Waals surface area contributed by atoms with Crippen LogP contribution in [-0.4, -0.2) is 48.2 Å². The smallest absolute Gasteiger partial charge is 0.490 e. The van der Waals surface area contributed by atoms with Gasteiger partial charge in [-0.3, -0.25) is 0 Å². The van der Waals surface area contributed by atoms with E-state index in [1.165, 1.54) is 29.0 Å². The number of nitrogens with one attached hydrogen (secondary N) is 1. The Balaban J connectivity index is 1.63. The Morgan fingerprint density at radius 3 is 2.35 bits per heavy atom. The van der Waals surface area contributed by atoms with Gasteiger partial charge in [0.15, 0.2) is 21.4 Å². The second-order valence-corrected chi connectivity index (χ2v) is 13.1. The predicted molar refractivity (Wildman–Crippen MR) is 122 cm³/mol. The molecule has 1 saturated carbocycles. The summed E-state index contributed by atoms with van der Waals surface area (Å²) >= 11 is 5.90. The van der Waals surface area contributed by atoms with Crippen LogP contribution in [0.3, 0.4) is 0 Å². The quantitative estimate of drug-likeness (QED) is 0.382. The molecule has 2 aromatic rings. The van der Waals surface area contributed by atoms with Crippen molar-refractivity contribution in [1.82, 2.24) is 4.72 Å². The van der Waals surface area contributed by atoms with Gasteiger partial charge in [-0.2, -0.15) is 13.2 Å². The Bertz CT molecular complexity index is 1390. The second kappa shape index (κ2) is 9.95. The van der Waals surface area contributed by atoms with Crippen LogP contribution in [0.25, 0.3) is 0 Å². The summed E-state index contributed by atoms with van der Waals surface area (Å²) in [7, 11) is -9.90. The third kappa shape index (κ3) is 4.93. The average Bonchev–Trinajstić information content (AvgIpc) is 2.83. The number of hydrogen-bond donors (Lipinski definition) is 1. The van der Waals surface area contributed by atoms with E-state index in [2.05, 4.69) is 0 Å². The van der Waals surface area contributed by atoms with Crippen molar-refractivity contribution in [3.63, 3.8) is 0 Å². The topological polar surface area (TPSA) is 98.8 Å². The van der Waals surface area contributed by atoms with Crippen LogP contribution in [0.2, 0.25) is 5.02 Å². The highest BCUT2D eigenvalue weighted by atomic mass is 35.5. The Morgan fingerprint density at radius 2 is 1.70 bits per heavy atom. The monoisotopic (exact) mass is 589 g/mol. The van der Waals surface area contributed by atoms with Gasteiger partial charge < -0.3 is 9.47 Å². The van der Waals surface area contributed by atoms with Gasteiger partial charge in [0, 0.05) is 17.5 Å². The lowest BCUT2D eigenvalue weighted by molar-refractivity contribution is -0.0453. The molecule has 1 heterocycles. The van der Waals surface area contributed by atoms with Gasteiger partial charge in [0.25, 0.3) is 0 Å². The first-order chi connectivity index (χ1) is 17.2. The molecule has 2 aliphatic rings. The van der Waals surface area contributed by atoms with E-state index >= 15 is 4.39 Å². The van der Waals surface area contributed by atoms with Crippen LogP contribution in [0.15, 0.2) is 41.3 Å². The summed E-state index contributed by atoms with van der Waals surface area (Å²) in [5, 5.41) is 0.274. The molecular weight excluding hydrogens is 569 g/mol. The number of sulfone groups is 1. The van der Waals surface area contributed by atoms with E-state index in [1.54, 1.807) is 0 Å². The van der Waals surface area contributed by atoms with E-state index in [1.807, 2.05) is 0 Å². The zero-order valence-corrected chi connectivity index (χ0v) is 21.3. The van der Waals surface area contributed by atoms with E-state index in [0.29, 0.717) is 0 Å². The average molecular weight is 590 g/mol. The Morgan fingerprint density at radius 1 is 1.05 bits per heavy atom. The van der Waals surface area contributed by atoms with Crippen LogP contribution in [0.5, 0.6) is 5.75 Å². The van der Waals surface area contributed by atoms with Crippen LogP contribution in [0.1, 0.15) is 24.8 Å². The van der Waals surface area contributed by atoms with Gasteiger partial charge in [0.05, 0.1) is 29.8 Å². The fourth-order valence-electron chi connectivity index (χ4n) is 4.94. The van der Waals surface area contributed by atoms with Gasteiger partial charge in [0.1, 0.15) is 10.6 Å². The van der Waals surface area contributed by atoms with Crippen molar-refractivity contribution >= 4 is 31.5 Å². The molecule has 15 heteroatoms. The molecule has 1 N–H and O–H groups in total. The summed E-state index contributed by atoms with van der Waals surface area (Å²) in [6.07, 6.45) is -0.909. The fourth-order valence-corrected chi connectivity index (χ4v) is 7.94. The molecule has 3 atom stereocenters. The summed E-state index contributed by atoms with van der Waals surface area (Å²) in [5.74, 6) is -3.28. The van der Waals surface area contributed by atoms with Gasteiger partial charge in [-0.25, -0.2) is 30.3 Å². The molecule has 1 aliphatic carbocycles. The minimum atomic E-state index is -5.54. The summed E-state index contributed by atoms with van der Waals surface area (Å²) in [6, 6.07) is 6.93. The van der Waals surface area contributed by atoms with Crippen molar-refractivity contribution in [2.75, 3.05) is 19.8 Å². The number of sulfonamides is 1. The van der Waals surface area contributed by atoms with Gasteiger partial charge in [0.2, 0.25) is 0 Å². The van der Waals surface area contributed by atoms with Crippen molar-refractivity contribution in [1.29, 1.82) is 0 Å². The van der Waals surface area contributed by atoms with Crippen molar-refractivity contribution in [3.05, 3.63) is 58.6 Å². The van der Waals surface area contributed by atoms with E-state index in [-0.39, 0.29) is 35.8 Å². The number of benzene rings is 2. The van der Waals surface area contributed by atoms with Crippen molar-refractivity contribution < 1.29 is 48.3 Å². The second-order valence-electron chi connectivity index (χ2n) is 8.70. The maximum absolute atomic E-state index is 15.2. The third-order valence-electron chi connectivity index (χ3n) is 6.61. The molecule has 0 aromatic heterocycles. The largest absolute Gasteiger partial charge is 0.511 e. The number of fused-ring (bicyclic) bond motifs is 3.